The molecule has 0 N–H and O–H groups in total. The normalized spacial score (nSPS) is 14.8. The van der Waals surface area contributed by atoms with E-state index in [4.69, 9.17) is 9.47 Å². The summed E-state index contributed by atoms with van der Waals surface area (Å²) in [4.78, 5) is 9.87. The number of anilines is 9. The summed E-state index contributed by atoms with van der Waals surface area (Å²) in [6, 6.07) is 59.5. The minimum Gasteiger partial charge on any atom is -0.458 e. The van der Waals surface area contributed by atoms with E-state index < -0.39 is 0 Å². The van der Waals surface area contributed by atoms with Crippen molar-refractivity contribution in [3.8, 4) is 23.0 Å². The van der Waals surface area contributed by atoms with Gasteiger partial charge in [0.05, 0.1) is 34.1 Å². The average molecular weight is 731 g/mol. The van der Waals surface area contributed by atoms with Crippen LogP contribution in [0.3, 0.4) is 0 Å². The van der Waals surface area contributed by atoms with Gasteiger partial charge in [-0.05, 0) is 101 Å². The van der Waals surface area contributed by atoms with E-state index in [1.54, 1.807) is 0 Å². The number of benzene rings is 8. The van der Waals surface area contributed by atoms with Crippen LogP contribution in [0.25, 0.3) is 0 Å². The lowest BCUT2D eigenvalue weighted by Crippen LogP contribution is -2.63. The van der Waals surface area contributed by atoms with Gasteiger partial charge in [-0.2, -0.15) is 0 Å². The molecule has 0 amide bonds. The summed E-state index contributed by atoms with van der Waals surface area (Å²) < 4.78 is 13.6. The van der Waals surface area contributed by atoms with E-state index in [0.29, 0.717) is 0 Å². The van der Waals surface area contributed by atoms with Gasteiger partial charge in [-0.1, -0.05) is 102 Å². The van der Waals surface area contributed by atoms with Gasteiger partial charge < -0.3 is 24.2 Å². The van der Waals surface area contributed by atoms with Gasteiger partial charge in [0.1, 0.15) is 11.5 Å². The maximum absolute atomic E-state index is 6.98. The molecule has 258 valence electrons. The van der Waals surface area contributed by atoms with Crippen molar-refractivity contribution in [1.82, 2.24) is 0 Å². The van der Waals surface area contributed by atoms with Gasteiger partial charge in [0.2, 0.25) is 6.71 Å². The number of para-hydroxylation sites is 7. The average Bonchev–Trinajstić information content (AvgIpc) is 3.26. The lowest BCUT2D eigenvalue weighted by Gasteiger charge is -2.47. The van der Waals surface area contributed by atoms with Crippen LogP contribution in [0.15, 0.2) is 174 Å². The first kappa shape index (κ1) is 29.6. The monoisotopic (exact) mass is 731 g/mol. The van der Waals surface area contributed by atoms with E-state index in [9.17, 15) is 0 Å². The molecule has 0 spiro atoms. The van der Waals surface area contributed by atoms with E-state index in [1.807, 2.05) is 17.8 Å². The predicted octanol–water partition coefficient (Wildman–Crippen LogP) is 8.74. The highest BCUT2D eigenvalue weighted by Gasteiger charge is 2.49. The van der Waals surface area contributed by atoms with Gasteiger partial charge in [-0.25, -0.2) is 0 Å². The quantitative estimate of drug-likeness (QED) is 0.157. The van der Waals surface area contributed by atoms with Crippen molar-refractivity contribution in [1.29, 1.82) is 0 Å². The van der Waals surface area contributed by atoms with Crippen molar-refractivity contribution in [3.63, 3.8) is 0 Å². The van der Waals surface area contributed by atoms with E-state index in [-0.39, 0.29) is 13.4 Å². The summed E-state index contributed by atoms with van der Waals surface area (Å²) in [6.07, 6.45) is 0. The first-order valence-electron chi connectivity index (χ1n) is 19.2. The molecule has 56 heavy (non-hydrogen) atoms. The number of ether oxygens (including phenoxy) is 2. The minimum atomic E-state index is -0.0258. The van der Waals surface area contributed by atoms with Crippen LogP contribution >= 0.6 is 11.8 Å². The zero-order valence-electron chi connectivity index (χ0n) is 29.8. The van der Waals surface area contributed by atoms with Crippen LogP contribution in [0.1, 0.15) is 0 Å². The Morgan fingerprint density at radius 3 is 1.75 bits per heavy atom. The largest absolute Gasteiger partial charge is 0.458 e. The Morgan fingerprint density at radius 1 is 0.357 bits per heavy atom. The maximum Gasteiger partial charge on any atom is 0.256 e. The van der Waals surface area contributed by atoms with Crippen LogP contribution in [-0.2, 0) is 0 Å². The smallest absolute Gasteiger partial charge is 0.256 e. The zero-order valence-corrected chi connectivity index (χ0v) is 30.6. The molecule has 0 radical (unpaired) electrons. The molecule has 6 aliphatic heterocycles. The standard InChI is InChI=1S/C48H27B2N3O2S/c1-2-12-28(13-3-1)51-35-18-8-9-19-36(35)52-33-16-6-5-15-30(33)50-32-26-31-42(27-44(32)56-43-25-22-38(51)47(52)46(43)50)55-40-23-24-41-48-45(40)49(31)29-14-4-7-17-34(29)53(48)37-20-10-11-21-39(37)54-41/h1-27H. The maximum atomic E-state index is 6.98. The van der Waals surface area contributed by atoms with Gasteiger partial charge in [0, 0.05) is 32.3 Å². The third kappa shape index (κ3) is 3.61. The Hall–Kier alpha value is -6.76. The Bertz CT molecular complexity index is 3080. The van der Waals surface area contributed by atoms with Crippen molar-refractivity contribution in [2.24, 2.45) is 0 Å². The molecule has 0 unspecified atom stereocenters. The predicted molar refractivity (Wildman–Crippen MR) is 231 cm³/mol. The highest BCUT2D eigenvalue weighted by atomic mass is 32.2. The molecule has 14 rings (SSSR count). The first-order chi connectivity index (χ1) is 27.8. The number of hydrogen-bond donors (Lipinski definition) is 0. The Kier molecular flexibility index (Phi) is 5.55. The Morgan fingerprint density at radius 2 is 0.964 bits per heavy atom. The molecule has 0 saturated carbocycles. The van der Waals surface area contributed by atoms with Crippen molar-refractivity contribution >= 4 is 109 Å². The van der Waals surface area contributed by atoms with Crippen molar-refractivity contribution in [2.75, 3.05) is 14.7 Å². The van der Waals surface area contributed by atoms with Crippen molar-refractivity contribution in [2.45, 2.75) is 9.79 Å². The summed E-state index contributed by atoms with van der Waals surface area (Å²) in [5.74, 6) is 3.52. The van der Waals surface area contributed by atoms with Crippen LogP contribution in [-0.4, -0.2) is 13.4 Å². The van der Waals surface area contributed by atoms with E-state index >= 15 is 0 Å². The van der Waals surface area contributed by atoms with Crippen LogP contribution in [0, 0.1) is 0 Å². The van der Waals surface area contributed by atoms with E-state index in [2.05, 4.69) is 172 Å². The first-order valence-corrected chi connectivity index (χ1v) is 20.0. The molecule has 0 bridgehead atoms. The fraction of sp³-hybridized carbons (Fsp3) is 0. The second kappa shape index (κ2) is 10.5. The molecular formula is C48H27B2N3O2S. The lowest BCUT2D eigenvalue weighted by molar-refractivity contribution is 0.467. The molecule has 6 heterocycles. The van der Waals surface area contributed by atoms with Gasteiger partial charge in [0.15, 0.2) is 11.5 Å². The minimum absolute atomic E-state index is 0.0258. The van der Waals surface area contributed by atoms with Crippen LogP contribution < -0.4 is 57.0 Å². The zero-order chi connectivity index (χ0) is 36.2. The molecule has 8 heteroatoms. The number of fused-ring (bicyclic) bond motifs is 14. The number of rotatable bonds is 1. The molecular weight excluding hydrogens is 704 g/mol. The molecule has 0 atom stereocenters. The molecule has 0 saturated heterocycles. The lowest BCUT2D eigenvalue weighted by atomic mass is 9.31. The fourth-order valence-corrected chi connectivity index (χ4v) is 11.5. The summed E-state index contributed by atoms with van der Waals surface area (Å²) in [6.45, 7) is 0.00986. The molecule has 0 fully saturated rings. The SMILES string of the molecule is c1ccc(N2c3ccccc3N3c4ccccc4B4c5cc6c(cc5Sc5ccc2c3c54)Oc2ccc3c4c2B6c2ccccc2N4c2ccccc2O3)cc1. The summed E-state index contributed by atoms with van der Waals surface area (Å²) >= 11 is 1.87. The van der Waals surface area contributed by atoms with Gasteiger partial charge in [0.25, 0.3) is 6.71 Å². The third-order valence-corrected chi connectivity index (χ3v) is 13.6. The third-order valence-electron chi connectivity index (χ3n) is 12.4. The number of hydrogen-bond acceptors (Lipinski definition) is 6. The highest BCUT2D eigenvalue weighted by molar-refractivity contribution is 8.00. The highest BCUT2D eigenvalue weighted by Crippen LogP contribution is 2.57. The van der Waals surface area contributed by atoms with Gasteiger partial charge >= 0.3 is 0 Å². The molecule has 8 aromatic rings. The Labute approximate surface area is 328 Å². The summed E-state index contributed by atoms with van der Waals surface area (Å²) in [5.41, 5.74) is 18.1. The second-order valence-corrected chi connectivity index (χ2v) is 16.3. The molecule has 6 aliphatic rings. The topological polar surface area (TPSA) is 28.2 Å². The van der Waals surface area contributed by atoms with Crippen LogP contribution in [0.5, 0.6) is 23.0 Å². The molecule has 8 aromatic carbocycles. The molecule has 5 nitrogen and oxygen atoms in total. The van der Waals surface area contributed by atoms with Gasteiger partial charge in [-0.15, -0.1) is 0 Å². The van der Waals surface area contributed by atoms with Gasteiger partial charge in [-0.3, -0.25) is 0 Å². The molecule has 0 aliphatic carbocycles. The van der Waals surface area contributed by atoms with E-state index in [1.165, 1.54) is 71.2 Å². The number of nitrogens with zero attached hydrogens (tertiary/aromatic N) is 3. The van der Waals surface area contributed by atoms with Crippen LogP contribution in [0.2, 0.25) is 0 Å². The molecule has 0 aromatic heterocycles. The fourth-order valence-electron chi connectivity index (χ4n) is 10.3. The summed E-state index contributed by atoms with van der Waals surface area (Å²) in [7, 11) is 0. The Balaban J connectivity index is 1.02. The van der Waals surface area contributed by atoms with Crippen molar-refractivity contribution in [3.05, 3.63) is 164 Å². The second-order valence-electron chi connectivity index (χ2n) is 15.2. The van der Waals surface area contributed by atoms with E-state index in [0.717, 1.165) is 45.5 Å². The summed E-state index contributed by atoms with van der Waals surface area (Å²) in [5, 5.41) is 0. The van der Waals surface area contributed by atoms with Crippen molar-refractivity contribution < 1.29 is 9.47 Å². The van der Waals surface area contributed by atoms with Crippen LogP contribution in [0.4, 0.5) is 51.2 Å².